The molecular weight excluding hydrogens is 340 g/mol. The van der Waals surface area contributed by atoms with Gasteiger partial charge in [-0.05, 0) is 31.5 Å². The second-order valence-electron chi connectivity index (χ2n) is 5.87. The van der Waals surface area contributed by atoms with Gasteiger partial charge in [-0.1, -0.05) is 29.8 Å². The Kier molecular flexibility index (Phi) is 4.59. The maximum Gasteiger partial charge on any atom is 0.355 e. The first-order valence-corrected chi connectivity index (χ1v) is 8.14. The van der Waals surface area contributed by atoms with E-state index in [1.807, 2.05) is 31.2 Å². The van der Waals surface area contributed by atoms with Gasteiger partial charge in [0.1, 0.15) is 12.3 Å². The number of halogens is 1. The standard InChI is InChI=1S/C19H17ClN2O3/c1-11-14-6-4-5-7-15(14)21-16(18(11)20)10-25-19(24)17-8-13(12(2)23)9-22(17)3/h4-9H,10H2,1-3H3. The van der Waals surface area contributed by atoms with E-state index in [2.05, 4.69) is 4.98 Å². The Labute approximate surface area is 150 Å². The summed E-state index contributed by atoms with van der Waals surface area (Å²) >= 11 is 6.37. The molecule has 0 aliphatic rings. The molecule has 0 atom stereocenters. The molecule has 0 saturated heterocycles. The van der Waals surface area contributed by atoms with Gasteiger partial charge < -0.3 is 9.30 Å². The second-order valence-corrected chi connectivity index (χ2v) is 6.25. The largest absolute Gasteiger partial charge is 0.454 e. The summed E-state index contributed by atoms with van der Waals surface area (Å²) in [6, 6.07) is 9.18. The molecule has 6 heteroatoms. The summed E-state index contributed by atoms with van der Waals surface area (Å²) in [6.07, 6.45) is 1.60. The van der Waals surface area contributed by atoms with Crippen molar-refractivity contribution in [2.45, 2.75) is 20.5 Å². The average molecular weight is 357 g/mol. The van der Waals surface area contributed by atoms with Gasteiger partial charge in [0, 0.05) is 24.2 Å². The molecule has 0 N–H and O–H groups in total. The summed E-state index contributed by atoms with van der Waals surface area (Å²) in [7, 11) is 1.69. The number of ketones is 1. The Morgan fingerprint density at radius 1 is 1.28 bits per heavy atom. The Morgan fingerprint density at radius 2 is 2.00 bits per heavy atom. The van der Waals surface area contributed by atoms with E-state index < -0.39 is 5.97 Å². The highest BCUT2D eigenvalue weighted by Gasteiger charge is 2.17. The topological polar surface area (TPSA) is 61.2 Å². The molecule has 0 amide bonds. The number of nitrogens with zero attached hydrogens (tertiary/aromatic N) is 2. The molecule has 0 aliphatic carbocycles. The zero-order valence-electron chi connectivity index (χ0n) is 14.2. The zero-order chi connectivity index (χ0) is 18.1. The summed E-state index contributed by atoms with van der Waals surface area (Å²) in [5.74, 6) is -0.636. The molecule has 2 heterocycles. The number of ether oxygens (including phenoxy) is 1. The average Bonchev–Trinajstić information content (AvgIpc) is 2.99. The maximum absolute atomic E-state index is 12.3. The first kappa shape index (κ1) is 17.2. The van der Waals surface area contributed by atoms with E-state index in [1.54, 1.807) is 17.8 Å². The van der Waals surface area contributed by atoms with Crippen molar-refractivity contribution in [3.05, 3.63) is 64.1 Å². The first-order valence-electron chi connectivity index (χ1n) is 7.76. The third-order valence-electron chi connectivity index (χ3n) is 4.11. The van der Waals surface area contributed by atoms with Crippen LogP contribution in [-0.2, 0) is 18.4 Å². The van der Waals surface area contributed by atoms with Crippen molar-refractivity contribution in [3.63, 3.8) is 0 Å². The highest BCUT2D eigenvalue weighted by molar-refractivity contribution is 6.32. The van der Waals surface area contributed by atoms with Crippen LogP contribution in [0.15, 0.2) is 36.5 Å². The Hall–Kier alpha value is -2.66. The van der Waals surface area contributed by atoms with Crippen LogP contribution in [-0.4, -0.2) is 21.3 Å². The number of hydrogen-bond acceptors (Lipinski definition) is 4. The molecule has 0 unspecified atom stereocenters. The van der Waals surface area contributed by atoms with Crippen LogP contribution in [0.4, 0.5) is 0 Å². The fraction of sp³-hybridized carbons (Fsp3) is 0.211. The van der Waals surface area contributed by atoms with E-state index in [-0.39, 0.29) is 12.4 Å². The van der Waals surface area contributed by atoms with Crippen molar-refractivity contribution in [2.24, 2.45) is 7.05 Å². The number of hydrogen-bond donors (Lipinski definition) is 0. The first-order chi connectivity index (χ1) is 11.9. The van der Waals surface area contributed by atoms with Crippen molar-refractivity contribution in [3.8, 4) is 0 Å². The lowest BCUT2D eigenvalue weighted by molar-refractivity contribution is 0.0457. The van der Waals surface area contributed by atoms with Gasteiger partial charge in [-0.3, -0.25) is 4.79 Å². The van der Waals surface area contributed by atoms with Crippen LogP contribution in [0.5, 0.6) is 0 Å². The van der Waals surface area contributed by atoms with Gasteiger partial charge in [0.15, 0.2) is 5.78 Å². The molecule has 2 aromatic heterocycles. The molecule has 0 bridgehead atoms. The predicted molar refractivity (Wildman–Crippen MR) is 96.0 cm³/mol. The summed E-state index contributed by atoms with van der Waals surface area (Å²) in [6.45, 7) is 3.32. The third-order valence-corrected chi connectivity index (χ3v) is 4.61. The van der Waals surface area contributed by atoms with E-state index in [9.17, 15) is 9.59 Å². The summed E-state index contributed by atoms with van der Waals surface area (Å²) < 4.78 is 6.92. The number of rotatable bonds is 4. The summed E-state index contributed by atoms with van der Waals surface area (Å²) in [5, 5.41) is 1.46. The van der Waals surface area contributed by atoms with Crippen molar-refractivity contribution in [1.29, 1.82) is 0 Å². The van der Waals surface area contributed by atoms with Crippen molar-refractivity contribution >= 4 is 34.3 Å². The summed E-state index contributed by atoms with van der Waals surface area (Å²) in [4.78, 5) is 28.2. The lowest BCUT2D eigenvalue weighted by Crippen LogP contribution is -2.10. The van der Waals surface area contributed by atoms with Crippen LogP contribution in [0.3, 0.4) is 0 Å². The molecule has 0 saturated carbocycles. The van der Waals surface area contributed by atoms with E-state index in [0.29, 0.717) is 22.0 Å². The Morgan fingerprint density at radius 3 is 2.68 bits per heavy atom. The van der Waals surface area contributed by atoms with E-state index in [0.717, 1.165) is 16.5 Å². The molecule has 128 valence electrons. The molecule has 0 spiro atoms. The van der Waals surface area contributed by atoms with E-state index in [1.165, 1.54) is 13.0 Å². The van der Waals surface area contributed by atoms with Gasteiger partial charge >= 0.3 is 5.97 Å². The number of carbonyl (C=O) groups excluding carboxylic acids is 2. The lowest BCUT2D eigenvalue weighted by Gasteiger charge is -2.10. The maximum atomic E-state index is 12.3. The molecular formula is C19H17ClN2O3. The highest BCUT2D eigenvalue weighted by atomic mass is 35.5. The van der Waals surface area contributed by atoms with Crippen LogP contribution >= 0.6 is 11.6 Å². The van der Waals surface area contributed by atoms with E-state index in [4.69, 9.17) is 16.3 Å². The normalized spacial score (nSPS) is 10.9. The van der Waals surface area contributed by atoms with Gasteiger partial charge in [0.25, 0.3) is 0 Å². The minimum Gasteiger partial charge on any atom is -0.454 e. The Balaban J connectivity index is 1.84. The predicted octanol–water partition coefficient (Wildman–Crippen LogP) is 4.09. The smallest absolute Gasteiger partial charge is 0.355 e. The van der Waals surface area contributed by atoms with Gasteiger partial charge in [0.05, 0.1) is 16.2 Å². The quantitative estimate of drug-likeness (QED) is 0.521. The number of esters is 1. The van der Waals surface area contributed by atoms with E-state index >= 15 is 0 Å². The zero-order valence-corrected chi connectivity index (χ0v) is 14.9. The molecule has 3 rings (SSSR count). The fourth-order valence-corrected chi connectivity index (χ4v) is 2.88. The monoisotopic (exact) mass is 356 g/mol. The molecule has 0 radical (unpaired) electrons. The summed E-state index contributed by atoms with van der Waals surface area (Å²) in [5.41, 5.74) is 2.97. The molecule has 3 aromatic rings. The molecule has 5 nitrogen and oxygen atoms in total. The Bertz CT molecular complexity index is 992. The van der Waals surface area contributed by atoms with Crippen molar-refractivity contribution in [1.82, 2.24) is 9.55 Å². The number of benzene rings is 1. The van der Waals surface area contributed by atoms with Crippen LogP contribution in [0.2, 0.25) is 5.02 Å². The number of pyridine rings is 1. The number of para-hydroxylation sites is 1. The SMILES string of the molecule is CC(=O)c1cc(C(=O)OCc2nc3ccccc3c(C)c2Cl)n(C)c1. The molecule has 1 aromatic carbocycles. The van der Waals surface area contributed by atoms with Crippen LogP contribution in [0.25, 0.3) is 10.9 Å². The minimum absolute atomic E-state index is 0.0378. The minimum atomic E-state index is -0.529. The van der Waals surface area contributed by atoms with Crippen molar-refractivity contribution < 1.29 is 14.3 Å². The van der Waals surface area contributed by atoms with Crippen molar-refractivity contribution in [2.75, 3.05) is 0 Å². The lowest BCUT2D eigenvalue weighted by atomic mass is 10.1. The van der Waals surface area contributed by atoms with Gasteiger partial charge in [0.2, 0.25) is 0 Å². The third kappa shape index (κ3) is 3.28. The highest BCUT2D eigenvalue weighted by Crippen LogP contribution is 2.27. The van der Waals surface area contributed by atoms with Gasteiger partial charge in [-0.2, -0.15) is 0 Å². The van der Waals surface area contributed by atoms with Gasteiger partial charge in [-0.25, -0.2) is 9.78 Å². The van der Waals surface area contributed by atoms with Crippen LogP contribution in [0, 0.1) is 6.92 Å². The number of aromatic nitrogens is 2. The van der Waals surface area contributed by atoms with Crippen LogP contribution < -0.4 is 0 Å². The fourth-order valence-electron chi connectivity index (χ4n) is 2.68. The van der Waals surface area contributed by atoms with Gasteiger partial charge in [-0.15, -0.1) is 0 Å². The number of fused-ring (bicyclic) bond motifs is 1. The molecule has 0 fully saturated rings. The molecule has 0 aliphatic heterocycles. The number of aryl methyl sites for hydroxylation is 2. The number of carbonyl (C=O) groups is 2. The second kappa shape index (κ2) is 6.69. The number of Topliss-reactive ketones (excluding diaryl/α,β-unsaturated/α-hetero) is 1. The molecule has 25 heavy (non-hydrogen) atoms. The van der Waals surface area contributed by atoms with Crippen LogP contribution in [0.1, 0.15) is 39.0 Å².